The van der Waals surface area contributed by atoms with Crippen molar-refractivity contribution in [1.82, 2.24) is 5.32 Å². The second-order valence-corrected chi connectivity index (χ2v) is 4.92. The lowest BCUT2D eigenvalue weighted by atomic mass is 9.85. The normalized spacial score (nSPS) is 13.5. The zero-order chi connectivity index (χ0) is 12.2. The molecule has 16 heavy (non-hydrogen) atoms. The van der Waals surface area contributed by atoms with Crippen LogP contribution in [-0.4, -0.2) is 23.7 Å². The number of aliphatic hydroxyl groups is 1. The standard InChI is InChI=1S/C12H19NO3/c1-12(2,3)10(4-6-14)13-11(15)9-5-7-16-8-9/h5,7-8,10,14H,4,6H2,1-3H3,(H,13,15). The van der Waals surface area contributed by atoms with Crippen LogP contribution in [-0.2, 0) is 0 Å². The van der Waals surface area contributed by atoms with E-state index in [1.165, 1.54) is 12.5 Å². The summed E-state index contributed by atoms with van der Waals surface area (Å²) in [4.78, 5) is 11.8. The molecule has 1 aromatic rings. The van der Waals surface area contributed by atoms with E-state index in [2.05, 4.69) is 5.32 Å². The number of hydrogen-bond donors (Lipinski definition) is 2. The quantitative estimate of drug-likeness (QED) is 0.821. The van der Waals surface area contributed by atoms with E-state index in [0.717, 1.165) is 0 Å². The highest BCUT2D eigenvalue weighted by atomic mass is 16.3. The molecule has 0 radical (unpaired) electrons. The zero-order valence-corrected chi connectivity index (χ0v) is 9.99. The Kier molecular flexibility index (Phi) is 4.12. The second kappa shape index (κ2) is 5.16. The third kappa shape index (κ3) is 3.38. The number of furan rings is 1. The molecule has 1 unspecified atom stereocenters. The van der Waals surface area contributed by atoms with Crippen LogP contribution >= 0.6 is 0 Å². The zero-order valence-electron chi connectivity index (χ0n) is 9.99. The molecule has 0 bridgehead atoms. The first-order valence-corrected chi connectivity index (χ1v) is 5.39. The highest BCUT2D eigenvalue weighted by Crippen LogP contribution is 2.22. The predicted molar refractivity (Wildman–Crippen MR) is 61.1 cm³/mol. The fourth-order valence-electron chi connectivity index (χ4n) is 1.49. The molecular formula is C12H19NO3. The van der Waals surface area contributed by atoms with Gasteiger partial charge in [-0.3, -0.25) is 4.79 Å². The molecule has 1 heterocycles. The van der Waals surface area contributed by atoms with Gasteiger partial charge >= 0.3 is 0 Å². The maximum atomic E-state index is 11.8. The SMILES string of the molecule is CC(C)(C)C(CCO)NC(=O)c1ccoc1. The van der Waals surface area contributed by atoms with Crippen molar-refractivity contribution >= 4 is 5.91 Å². The van der Waals surface area contributed by atoms with Gasteiger partial charge in [0.2, 0.25) is 0 Å². The Balaban J connectivity index is 2.66. The minimum atomic E-state index is -0.165. The van der Waals surface area contributed by atoms with Crippen molar-refractivity contribution in [2.75, 3.05) is 6.61 Å². The Morgan fingerprint density at radius 1 is 1.56 bits per heavy atom. The second-order valence-electron chi connectivity index (χ2n) is 4.92. The van der Waals surface area contributed by atoms with Gasteiger partial charge in [0.1, 0.15) is 6.26 Å². The lowest BCUT2D eigenvalue weighted by molar-refractivity contribution is 0.0884. The first-order valence-electron chi connectivity index (χ1n) is 5.39. The molecular weight excluding hydrogens is 206 g/mol. The molecule has 0 aromatic carbocycles. The molecule has 0 aliphatic heterocycles. The minimum absolute atomic E-state index is 0.0556. The number of rotatable bonds is 4. The molecule has 0 spiro atoms. The average Bonchev–Trinajstić information content (AvgIpc) is 2.68. The first kappa shape index (κ1) is 12.8. The summed E-state index contributed by atoms with van der Waals surface area (Å²) in [6.45, 7) is 6.16. The Hall–Kier alpha value is -1.29. The maximum absolute atomic E-state index is 11.8. The van der Waals surface area contributed by atoms with Crippen LogP contribution in [0.5, 0.6) is 0 Å². The predicted octanol–water partition coefficient (Wildman–Crippen LogP) is 1.81. The van der Waals surface area contributed by atoms with Crippen LogP contribution in [0.1, 0.15) is 37.6 Å². The summed E-state index contributed by atoms with van der Waals surface area (Å²) in [6.07, 6.45) is 3.42. The molecule has 90 valence electrons. The summed E-state index contributed by atoms with van der Waals surface area (Å²) in [7, 11) is 0. The third-order valence-electron chi connectivity index (χ3n) is 2.55. The summed E-state index contributed by atoms with van der Waals surface area (Å²) in [5, 5.41) is 11.9. The van der Waals surface area contributed by atoms with Crippen molar-refractivity contribution in [3.8, 4) is 0 Å². The van der Waals surface area contributed by atoms with E-state index in [4.69, 9.17) is 9.52 Å². The van der Waals surface area contributed by atoms with Crippen molar-refractivity contribution in [2.45, 2.75) is 33.2 Å². The number of carbonyl (C=O) groups is 1. The molecule has 0 aliphatic rings. The van der Waals surface area contributed by atoms with Gasteiger partial charge in [-0.1, -0.05) is 20.8 Å². The van der Waals surface area contributed by atoms with Crippen LogP contribution < -0.4 is 5.32 Å². The Bertz CT molecular complexity index is 325. The highest BCUT2D eigenvalue weighted by Gasteiger charge is 2.26. The lowest BCUT2D eigenvalue weighted by Crippen LogP contribution is -2.44. The van der Waals surface area contributed by atoms with Crippen molar-refractivity contribution < 1.29 is 14.3 Å². The Labute approximate surface area is 95.7 Å². The number of aliphatic hydroxyl groups excluding tert-OH is 1. The molecule has 1 rings (SSSR count). The number of carbonyl (C=O) groups excluding carboxylic acids is 1. The summed E-state index contributed by atoms with van der Waals surface area (Å²) < 4.78 is 4.85. The van der Waals surface area contributed by atoms with E-state index < -0.39 is 0 Å². The Morgan fingerprint density at radius 2 is 2.25 bits per heavy atom. The summed E-state index contributed by atoms with van der Waals surface area (Å²) >= 11 is 0. The maximum Gasteiger partial charge on any atom is 0.254 e. The van der Waals surface area contributed by atoms with Gasteiger partial charge in [-0.2, -0.15) is 0 Å². The molecule has 1 aromatic heterocycles. The van der Waals surface area contributed by atoms with Crippen molar-refractivity contribution in [3.63, 3.8) is 0 Å². The van der Waals surface area contributed by atoms with Crippen molar-refractivity contribution in [2.24, 2.45) is 5.41 Å². The van der Waals surface area contributed by atoms with Crippen LogP contribution in [0.25, 0.3) is 0 Å². The fraction of sp³-hybridized carbons (Fsp3) is 0.583. The summed E-state index contributed by atoms with van der Waals surface area (Å²) in [6, 6.07) is 1.56. The smallest absolute Gasteiger partial charge is 0.254 e. The van der Waals surface area contributed by atoms with Gasteiger partial charge < -0.3 is 14.8 Å². The van der Waals surface area contributed by atoms with Crippen LogP contribution in [0.15, 0.2) is 23.0 Å². The molecule has 0 saturated carbocycles. The van der Waals surface area contributed by atoms with E-state index in [-0.39, 0.29) is 24.0 Å². The Morgan fingerprint density at radius 3 is 2.69 bits per heavy atom. The van der Waals surface area contributed by atoms with E-state index in [1.54, 1.807) is 6.07 Å². The highest BCUT2D eigenvalue weighted by molar-refractivity contribution is 5.93. The number of amides is 1. The van der Waals surface area contributed by atoms with Gasteiger partial charge in [-0.05, 0) is 17.9 Å². The molecule has 0 saturated heterocycles. The van der Waals surface area contributed by atoms with Gasteiger partial charge in [0.05, 0.1) is 11.8 Å². The van der Waals surface area contributed by atoms with E-state index >= 15 is 0 Å². The van der Waals surface area contributed by atoms with Crippen LogP contribution in [0, 0.1) is 5.41 Å². The summed E-state index contributed by atoms with van der Waals surface area (Å²) in [5.41, 5.74) is 0.425. The van der Waals surface area contributed by atoms with E-state index in [1.807, 2.05) is 20.8 Å². The molecule has 1 atom stereocenters. The monoisotopic (exact) mass is 225 g/mol. The number of hydrogen-bond acceptors (Lipinski definition) is 3. The molecule has 2 N–H and O–H groups in total. The van der Waals surface area contributed by atoms with Crippen LogP contribution in [0.3, 0.4) is 0 Å². The largest absolute Gasteiger partial charge is 0.472 e. The first-order chi connectivity index (χ1) is 7.45. The average molecular weight is 225 g/mol. The van der Waals surface area contributed by atoms with Gasteiger partial charge in [0.25, 0.3) is 5.91 Å². The molecule has 4 nitrogen and oxygen atoms in total. The van der Waals surface area contributed by atoms with Gasteiger partial charge in [0, 0.05) is 12.6 Å². The molecule has 1 amide bonds. The number of nitrogens with one attached hydrogen (secondary N) is 1. The molecule has 0 aliphatic carbocycles. The molecule has 4 heteroatoms. The third-order valence-corrected chi connectivity index (χ3v) is 2.55. The minimum Gasteiger partial charge on any atom is -0.472 e. The topological polar surface area (TPSA) is 62.5 Å². The van der Waals surface area contributed by atoms with Gasteiger partial charge in [-0.25, -0.2) is 0 Å². The summed E-state index contributed by atoms with van der Waals surface area (Å²) in [5.74, 6) is -0.165. The van der Waals surface area contributed by atoms with Crippen LogP contribution in [0.4, 0.5) is 0 Å². The van der Waals surface area contributed by atoms with Gasteiger partial charge in [0.15, 0.2) is 0 Å². The van der Waals surface area contributed by atoms with Crippen molar-refractivity contribution in [3.05, 3.63) is 24.2 Å². The molecule has 0 fully saturated rings. The van der Waals surface area contributed by atoms with Crippen molar-refractivity contribution in [1.29, 1.82) is 0 Å². The van der Waals surface area contributed by atoms with E-state index in [0.29, 0.717) is 12.0 Å². The fourth-order valence-corrected chi connectivity index (χ4v) is 1.49. The van der Waals surface area contributed by atoms with Crippen LogP contribution in [0.2, 0.25) is 0 Å². The van der Waals surface area contributed by atoms with Gasteiger partial charge in [-0.15, -0.1) is 0 Å². The van der Waals surface area contributed by atoms with E-state index in [9.17, 15) is 4.79 Å². The lowest BCUT2D eigenvalue weighted by Gasteiger charge is -2.30.